The number of nitrogens with one attached hydrogen (secondary N) is 2. The van der Waals surface area contributed by atoms with Gasteiger partial charge in [0.25, 0.3) is 10.1 Å². The number of carbonyl (C=O) groups is 3. The molecular weight excluding hydrogens is 296 g/mol. The molecule has 0 saturated carbocycles. The molecule has 1 saturated heterocycles. The molecule has 10 nitrogen and oxygen atoms in total. The monoisotopic (exact) mass is 310 g/mol. The largest absolute Gasteiger partial charge is 0.481 e. The second-order valence-corrected chi connectivity index (χ2v) is 6.03. The maximum Gasteiger partial charge on any atom is 0.326 e. The van der Waals surface area contributed by atoms with E-state index < -0.39 is 51.7 Å². The number of carboxylic acid groups (broad SMARTS) is 2. The zero-order valence-electron chi connectivity index (χ0n) is 10.1. The summed E-state index contributed by atoms with van der Waals surface area (Å²) in [5.41, 5.74) is 0. The number of rotatable bonds is 6. The van der Waals surface area contributed by atoms with Crippen molar-refractivity contribution < 1.29 is 37.6 Å². The molecule has 0 aromatic heterocycles. The number of aliphatic carboxylic acids is 2. The van der Waals surface area contributed by atoms with Gasteiger partial charge in [0.1, 0.15) is 11.3 Å². The van der Waals surface area contributed by atoms with Gasteiger partial charge in [-0.05, 0) is 6.42 Å². The fraction of sp³-hybridized carbons (Fsp3) is 0.667. The summed E-state index contributed by atoms with van der Waals surface area (Å²) < 4.78 is 30.6. The summed E-state index contributed by atoms with van der Waals surface area (Å²) in [7, 11) is -4.29. The van der Waals surface area contributed by atoms with Crippen molar-refractivity contribution in [1.82, 2.24) is 10.6 Å². The van der Waals surface area contributed by atoms with Gasteiger partial charge in [0.15, 0.2) is 0 Å². The molecule has 0 aliphatic carbocycles. The average molecular weight is 310 g/mol. The molecule has 1 aliphatic heterocycles. The van der Waals surface area contributed by atoms with Crippen LogP contribution in [0.1, 0.15) is 12.8 Å². The van der Waals surface area contributed by atoms with Crippen LogP contribution in [-0.4, -0.2) is 64.9 Å². The Morgan fingerprint density at radius 2 is 1.90 bits per heavy atom. The van der Waals surface area contributed by atoms with E-state index in [4.69, 9.17) is 14.8 Å². The molecule has 0 spiro atoms. The van der Waals surface area contributed by atoms with Crippen molar-refractivity contribution in [3.05, 3.63) is 0 Å². The molecule has 0 radical (unpaired) electrons. The Bertz CT molecular complexity index is 516. The number of amides is 1. The SMILES string of the molecule is O=C(O)C[C@H](NC(=O)[C@@H]1C[C@@H](S(=O)(=O)O)CN1)C(=O)O. The quantitative estimate of drug-likeness (QED) is 0.337. The molecule has 3 atom stereocenters. The summed E-state index contributed by atoms with van der Waals surface area (Å²) in [6, 6.07) is -2.61. The summed E-state index contributed by atoms with van der Waals surface area (Å²) in [5.74, 6) is -3.73. The van der Waals surface area contributed by atoms with E-state index in [2.05, 4.69) is 5.32 Å². The molecule has 0 unspecified atom stereocenters. The Morgan fingerprint density at radius 3 is 2.30 bits per heavy atom. The van der Waals surface area contributed by atoms with E-state index in [1.54, 1.807) is 0 Å². The fourth-order valence-electron chi connectivity index (χ4n) is 1.78. The predicted molar refractivity (Wildman–Crippen MR) is 63.6 cm³/mol. The van der Waals surface area contributed by atoms with E-state index in [0.29, 0.717) is 0 Å². The van der Waals surface area contributed by atoms with Crippen LogP contribution in [-0.2, 0) is 24.5 Å². The lowest BCUT2D eigenvalue weighted by Gasteiger charge is -2.16. The van der Waals surface area contributed by atoms with Gasteiger partial charge in [-0.15, -0.1) is 0 Å². The lowest BCUT2D eigenvalue weighted by atomic mass is 10.1. The van der Waals surface area contributed by atoms with Crippen LogP contribution in [0.5, 0.6) is 0 Å². The lowest BCUT2D eigenvalue weighted by molar-refractivity contribution is -0.147. The van der Waals surface area contributed by atoms with Crippen molar-refractivity contribution in [2.75, 3.05) is 6.54 Å². The van der Waals surface area contributed by atoms with Gasteiger partial charge in [-0.1, -0.05) is 0 Å². The van der Waals surface area contributed by atoms with E-state index in [-0.39, 0.29) is 13.0 Å². The van der Waals surface area contributed by atoms with Crippen LogP contribution in [0.15, 0.2) is 0 Å². The first-order valence-electron chi connectivity index (χ1n) is 5.56. The molecule has 1 heterocycles. The van der Waals surface area contributed by atoms with Gasteiger partial charge in [0.2, 0.25) is 5.91 Å². The van der Waals surface area contributed by atoms with Crippen LogP contribution in [0, 0.1) is 0 Å². The van der Waals surface area contributed by atoms with E-state index in [1.807, 2.05) is 5.32 Å². The van der Waals surface area contributed by atoms with Crippen molar-refractivity contribution in [1.29, 1.82) is 0 Å². The summed E-state index contributed by atoms with van der Waals surface area (Å²) in [4.78, 5) is 32.9. The maximum atomic E-state index is 11.7. The zero-order valence-corrected chi connectivity index (χ0v) is 11.0. The van der Waals surface area contributed by atoms with E-state index in [0.717, 1.165) is 0 Å². The molecule has 0 aromatic carbocycles. The third-order valence-electron chi connectivity index (χ3n) is 2.82. The van der Waals surface area contributed by atoms with E-state index in [9.17, 15) is 22.8 Å². The topological polar surface area (TPSA) is 170 Å². The summed E-state index contributed by atoms with van der Waals surface area (Å²) >= 11 is 0. The zero-order chi connectivity index (χ0) is 15.5. The molecule has 1 rings (SSSR count). The van der Waals surface area contributed by atoms with Crippen LogP contribution in [0.25, 0.3) is 0 Å². The molecule has 0 aromatic rings. The molecule has 0 bridgehead atoms. The molecular formula is C9H14N2O8S. The van der Waals surface area contributed by atoms with Crippen LogP contribution in [0.4, 0.5) is 0 Å². The van der Waals surface area contributed by atoms with Crippen molar-refractivity contribution in [2.45, 2.75) is 30.2 Å². The molecule has 1 fully saturated rings. The number of carboxylic acids is 2. The van der Waals surface area contributed by atoms with Gasteiger partial charge in [-0.2, -0.15) is 8.42 Å². The normalized spacial score (nSPS) is 24.1. The Kier molecular flexibility index (Phi) is 5.03. The highest BCUT2D eigenvalue weighted by Gasteiger charge is 2.37. The van der Waals surface area contributed by atoms with Gasteiger partial charge >= 0.3 is 11.9 Å². The Balaban J connectivity index is 2.63. The third-order valence-corrected chi connectivity index (χ3v) is 4.02. The molecule has 11 heteroatoms. The fourth-order valence-corrected chi connectivity index (χ4v) is 2.52. The predicted octanol–water partition coefficient (Wildman–Crippen LogP) is -2.35. The van der Waals surface area contributed by atoms with Crippen molar-refractivity contribution in [3.8, 4) is 0 Å². The highest BCUT2D eigenvalue weighted by molar-refractivity contribution is 7.86. The van der Waals surface area contributed by atoms with Gasteiger partial charge < -0.3 is 20.8 Å². The van der Waals surface area contributed by atoms with Crippen LogP contribution in [0.3, 0.4) is 0 Å². The third kappa shape index (κ3) is 4.43. The Hall–Kier alpha value is -1.72. The highest BCUT2D eigenvalue weighted by Crippen LogP contribution is 2.14. The van der Waals surface area contributed by atoms with E-state index >= 15 is 0 Å². The second-order valence-electron chi connectivity index (χ2n) is 4.33. The van der Waals surface area contributed by atoms with Gasteiger partial charge in [0, 0.05) is 6.54 Å². The molecule has 1 amide bonds. The Morgan fingerprint density at radius 1 is 1.30 bits per heavy atom. The standard InChI is InChI=1S/C9H14N2O8S/c12-7(13)2-6(9(15)16)11-8(14)5-1-4(3-10-5)20(17,18)19/h4-6,10H,1-3H2,(H,11,14)(H,12,13)(H,15,16)(H,17,18,19)/t4-,5+,6+/m1/s1. The van der Waals surface area contributed by atoms with Gasteiger partial charge in [0.05, 0.1) is 12.5 Å². The van der Waals surface area contributed by atoms with Crippen molar-refractivity contribution in [2.24, 2.45) is 0 Å². The number of hydrogen-bond donors (Lipinski definition) is 5. The second kappa shape index (κ2) is 6.15. The lowest BCUT2D eigenvalue weighted by Crippen LogP contribution is -2.49. The smallest absolute Gasteiger partial charge is 0.326 e. The molecule has 20 heavy (non-hydrogen) atoms. The maximum absolute atomic E-state index is 11.7. The average Bonchev–Trinajstić information content (AvgIpc) is 2.75. The van der Waals surface area contributed by atoms with Gasteiger partial charge in [-0.25, -0.2) is 4.79 Å². The summed E-state index contributed by atoms with van der Waals surface area (Å²) in [6.07, 6.45) is -1.01. The number of hydrogen-bond acceptors (Lipinski definition) is 6. The number of carbonyl (C=O) groups excluding carboxylic acids is 1. The van der Waals surface area contributed by atoms with Crippen LogP contribution in [0.2, 0.25) is 0 Å². The first kappa shape index (κ1) is 16.3. The molecule has 114 valence electrons. The minimum absolute atomic E-state index is 0.145. The van der Waals surface area contributed by atoms with Gasteiger partial charge in [-0.3, -0.25) is 14.1 Å². The first-order valence-corrected chi connectivity index (χ1v) is 7.06. The Labute approximate surface area is 113 Å². The summed E-state index contributed by atoms with van der Waals surface area (Å²) in [6.45, 7) is -0.145. The molecule has 5 N–H and O–H groups in total. The van der Waals surface area contributed by atoms with Crippen LogP contribution < -0.4 is 10.6 Å². The van der Waals surface area contributed by atoms with E-state index in [1.165, 1.54) is 0 Å². The summed E-state index contributed by atoms with van der Waals surface area (Å²) in [5, 5.41) is 20.6. The minimum Gasteiger partial charge on any atom is -0.481 e. The molecule has 1 aliphatic rings. The highest BCUT2D eigenvalue weighted by atomic mass is 32.2. The van der Waals surface area contributed by atoms with Crippen molar-refractivity contribution >= 4 is 28.0 Å². The minimum atomic E-state index is -4.29. The van der Waals surface area contributed by atoms with Crippen molar-refractivity contribution in [3.63, 3.8) is 0 Å². The first-order chi connectivity index (χ1) is 9.11. The van der Waals surface area contributed by atoms with Crippen LogP contribution >= 0.6 is 0 Å².